The van der Waals surface area contributed by atoms with Crippen LogP contribution in [-0.2, 0) is 4.79 Å². The number of piperidine rings is 1. The predicted molar refractivity (Wildman–Crippen MR) is 117 cm³/mol. The highest BCUT2D eigenvalue weighted by Gasteiger charge is 2.57. The van der Waals surface area contributed by atoms with Crippen LogP contribution in [0.4, 0.5) is 11.4 Å². The Morgan fingerprint density at radius 3 is 2.62 bits per heavy atom. The van der Waals surface area contributed by atoms with Crippen LogP contribution in [-0.4, -0.2) is 43.6 Å². The summed E-state index contributed by atoms with van der Waals surface area (Å²) in [5, 5.41) is 7.26. The van der Waals surface area contributed by atoms with E-state index in [2.05, 4.69) is 15.5 Å². The van der Waals surface area contributed by atoms with Crippen LogP contribution in [0.15, 0.2) is 18.2 Å². The lowest BCUT2D eigenvalue weighted by Crippen LogP contribution is -2.34. The van der Waals surface area contributed by atoms with Gasteiger partial charge < -0.3 is 15.5 Å². The first kappa shape index (κ1) is 22.0. The molecule has 1 spiro atoms. The molecule has 146 valence electrons. The molecule has 8 heteroatoms. The molecule has 26 heavy (non-hydrogen) atoms. The first-order chi connectivity index (χ1) is 11.7. The predicted octanol–water partition coefficient (Wildman–Crippen LogP) is 4.07. The molecule has 2 heterocycles. The van der Waals surface area contributed by atoms with Gasteiger partial charge in [-0.15, -0.1) is 24.8 Å². The van der Waals surface area contributed by atoms with Gasteiger partial charge in [0.2, 0.25) is 5.91 Å². The van der Waals surface area contributed by atoms with Crippen molar-refractivity contribution in [3.8, 4) is 0 Å². The highest BCUT2D eigenvalue weighted by Crippen LogP contribution is 2.58. The minimum absolute atomic E-state index is 0. The van der Waals surface area contributed by atoms with Gasteiger partial charge in [-0.05, 0) is 56.0 Å². The molecule has 2 aliphatic heterocycles. The van der Waals surface area contributed by atoms with Crippen LogP contribution in [0.5, 0.6) is 0 Å². The van der Waals surface area contributed by atoms with Crippen LogP contribution in [0, 0.1) is 11.3 Å². The Kier molecular flexibility index (Phi) is 7.81. The van der Waals surface area contributed by atoms with Crippen molar-refractivity contribution in [1.29, 1.82) is 0 Å². The first-order valence-corrected chi connectivity index (χ1v) is 10.4. The molecule has 1 aliphatic carbocycles. The second-order valence-corrected chi connectivity index (χ2v) is 8.78. The lowest BCUT2D eigenvalue weighted by atomic mass is 9.92. The van der Waals surface area contributed by atoms with E-state index in [-0.39, 0.29) is 42.1 Å². The lowest BCUT2D eigenvalue weighted by molar-refractivity contribution is -0.118. The maximum absolute atomic E-state index is 12.8. The van der Waals surface area contributed by atoms with Gasteiger partial charge in [-0.1, -0.05) is 11.6 Å². The largest absolute Gasteiger partial charge is 0.368 e. The standard InChI is InChI=1S/C18H24ClN3OS.2ClH/c19-13-1-2-16(22-7-9-24-10-8-22)15(11-13)21-17(23)14-12-18(14)3-5-20-6-4-18;;/h1-2,11,14,20H,3-10,12H2,(H,21,23);2*1H. The van der Waals surface area contributed by atoms with Gasteiger partial charge in [0.1, 0.15) is 0 Å². The molecule has 1 saturated carbocycles. The molecule has 3 aliphatic rings. The molecular weight excluding hydrogens is 413 g/mol. The summed E-state index contributed by atoms with van der Waals surface area (Å²) >= 11 is 8.18. The van der Waals surface area contributed by atoms with Gasteiger partial charge in [0.15, 0.2) is 0 Å². The first-order valence-electron chi connectivity index (χ1n) is 8.82. The van der Waals surface area contributed by atoms with Crippen molar-refractivity contribution in [2.24, 2.45) is 11.3 Å². The molecule has 0 bridgehead atoms. The zero-order chi connectivity index (χ0) is 16.6. The number of rotatable bonds is 3. The smallest absolute Gasteiger partial charge is 0.228 e. The number of hydrogen-bond acceptors (Lipinski definition) is 4. The number of nitrogens with zero attached hydrogens (tertiary/aromatic N) is 1. The lowest BCUT2D eigenvalue weighted by Gasteiger charge is -2.30. The van der Waals surface area contributed by atoms with Gasteiger partial charge in [0, 0.05) is 35.5 Å². The van der Waals surface area contributed by atoms with E-state index in [1.807, 2.05) is 30.0 Å². The van der Waals surface area contributed by atoms with Crippen LogP contribution in [0.25, 0.3) is 0 Å². The van der Waals surface area contributed by atoms with Crippen molar-refractivity contribution in [2.75, 3.05) is 47.9 Å². The topological polar surface area (TPSA) is 44.4 Å². The number of carbonyl (C=O) groups excluding carboxylic acids is 1. The third kappa shape index (κ3) is 4.56. The highest BCUT2D eigenvalue weighted by molar-refractivity contribution is 7.99. The molecule has 1 atom stereocenters. The summed E-state index contributed by atoms with van der Waals surface area (Å²) in [4.78, 5) is 15.2. The SMILES string of the molecule is Cl.Cl.O=C(Nc1cc(Cl)ccc1N1CCSCC1)C1CC12CCNCC2. The normalized spacial score (nSPS) is 23.6. The quantitative estimate of drug-likeness (QED) is 0.747. The summed E-state index contributed by atoms with van der Waals surface area (Å²) in [5.41, 5.74) is 2.24. The van der Waals surface area contributed by atoms with E-state index >= 15 is 0 Å². The number of thioether (sulfide) groups is 1. The zero-order valence-electron chi connectivity index (χ0n) is 14.6. The number of carbonyl (C=O) groups is 1. The van der Waals surface area contributed by atoms with Crippen LogP contribution in [0.1, 0.15) is 19.3 Å². The van der Waals surface area contributed by atoms with E-state index in [0.717, 1.165) is 68.3 Å². The molecule has 1 aromatic carbocycles. The molecule has 3 fully saturated rings. The fourth-order valence-corrected chi connectivity index (χ4v) is 5.18. The van der Waals surface area contributed by atoms with Crippen molar-refractivity contribution in [3.63, 3.8) is 0 Å². The number of anilines is 2. The van der Waals surface area contributed by atoms with E-state index in [0.29, 0.717) is 5.02 Å². The van der Waals surface area contributed by atoms with Crippen molar-refractivity contribution in [2.45, 2.75) is 19.3 Å². The summed E-state index contributed by atoms with van der Waals surface area (Å²) < 4.78 is 0. The van der Waals surface area contributed by atoms with Crippen molar-refractivity contribution in [1.82, 2.24) is 5.32 Å². The molecule has 2 N–H and O–H groups in total. The monoisotopic (exact) mass is 437 g/mol. The van der Waals surface area contributed by atoms with Gasteiger partial charge in [-0.2, -0.15) is 11.8 Å². The number of halogens is 3. The third-order valence-electron chi connectivity index (χ3n) is 5.67. The molecule has 0 radical (unpaired) electrons. The maximum atomic E-state index is 12.8. The Balaban J connectivity index is 0.00000121. The highest BCUT2D eigenvalue weighted by atomic mass is 35.5. The molecule has 4 nitrogen and oxygen atoms in total. The Hall–Kier alpha value is -0.330. The summed E-state index contributed by atoms with van der Waals surface area (Å²) in [6, 6.07) is 5.86. The maximum Gasteiger partial charge on any atom is 0.228 e. The minimum Gasteiger partial charge on any atom is -0.368 e. The summed E-state index contributed by atoms with van der Waals surface area (Å²) in [6.45, 7) is 4.12. The number of hydrogen-bond donors (Lipinski definition) is 2. The average Bonchev–Trinajstić information content (AvgIpc) is 3.29. The number of nitrogens with one attached hydrogen (secondary N) is 2. The molecule has 2 saturated heterocycles. The van der Waals surface area contributed by atoms with E-state index in [1.54, 1.807) is 0 Å². The van der Waals surface area contributed by atoms with E-state index in [9.17, 15) is 4.79 Å². The minimum atomic E-state index is 0. The summed E-state index contributed by atoms with van der Waals surface area (Å²) in [7, 11) is 0. The molecule has 1 unspecified atom stereocenters. The van der Waals surface area contributed by atoms with Crippen LogP contribution >= 0.6 is 48.2 Å². The van der Waals surface area contributed by atoms with Crippen LogP contribution < -0.4 is 15.5 Å². The van der Waals surface area contributed by atoms with Crippen molar-refractivity contribution < 1.29 is 4.79 Å². The molecule has 1 aromatic rings. The second kappa shape index (κ2) is 9.24. The Morgan fingerprint density at radius 1 is 1.23 bits per heavy atom. The molecular formula is C18H26Cl3N3OS. The molecule has 4 rings (SSSR count). The van der Waals surface area contributed by atoms with E-state index in [1.165, 1.54) is 0 Å². The zero-order valence-corrected chi connectivity index (χ0v) is 17.8. The fourth-order valence-electron chi connectivity index (χ4n) is 4.10. The van der Waals surface area contributed by atoms with Crippen molar-refractivity contribution >= 4 is 65.5 Å². The van der Waals surface area contributed by atoms with Gasteiger partial charge in [-0.25, -0.2) is 0 Å². The Bertz CT molecular complexity index is 634. The van der Waals surface area contributed by atoms with Gasteiger partial charge in [-0.3, -0.25) is 4.79 Å². The second-order valence-electron chi connectivity index (χ2n) is 7.12. The van der Waals surface area contributed by atoms with Gasteiger partial charge in [0.25, 0.3) is 0 Å². The Morgan fingerprint density at radius 2 is 1.92 bits per heavy atom. The summed E-state index contributed by atoms with van der Waals surface area (Å²) in [5.74, 6) is 2.61. The van der Waals surface area contributed by atoms with Crippen molar-refractivity contribution in [3.05, 3.63) is 23.2 Å². The molecule has 1 amide bonds. The number of amides is 1. The number of benzene rings is 1. The van der Waals surface area contributed by atoms with Gasteiger partial charge in [0.05, 0.1) is 11.4 Å². The van der Waals surface area contributed by atoms with E-state index < -0.39 is 0 Å². The third-order valence-corrected chi connectivity index (χ3v) is 6.85. The Labute approximate surface area is 177 Å². The fraction of sp³-hybridized carbons (Fsp3) is 0.611. The van der Waals surface area contributed by atoms with Gasteiger partial charge >= 0.3 is 0 Å². The average molecular weight is 439 g/mol. The molecule has 0 aromatic heterocycles. The van der Waals surface area contributed by atoms with Crippen LogP contribution in [0.3, 0.4) is 0 Å². The summed E-state index contributed by atoms with van der Waals surface area (Å²) in [6.07, 6.45) is 3.28. The van der Waals surface area contributed by atoms with Crippen LogP contribution in [0.2, 0.25) is 5.02 Å². The van der Waals surface area contributed by atoms with E-state index in [4.69, 9.17) is 11.6 Å².